The van der Waals surface area contributed by atoms with Gasteiger partial charge in [-0.05, 0) is 25.5 Å². The molecule has 3 atom stereocenters. The average molecular weight is 388 g/mol. The Labute approximate surface area is 164 Å². The minimum absolute atomic E-state index is 0.00443. The van der Waals surface area contributed by atoms with Gasteiger partial charge < -0.3 is 26.0 Å². The number of fused-ring (bicyclic) bond motifs is 1. The number of likely N-dealkylation sites (tertiary alicyclic amines) is 1. The second kappa shape index (κ2) is 7.89. The summed E-state index contributed by atoms with van der Waals surface area (Å²) >= 11 is 0. The molecule has 28 heavy (non-hydrogen) atoms. The molecular weight excluding hydrogens is 360 g/mol. The number of carbonyl (C=O) groups excluding carboxylic acids is 3. The SMILES string of the molecule is CNC(CC(C)C)C(=O)N1CC2(C[C@H]1C(N)=O)OCc1ccccc1NC2=O. The van der Waals surface area contributed by atoms with E-state index in [2.05, 4.69) is 10.6 Å². The number of primary amides is 1. The third-order valence-electron chi connectivity index (χ3n) is 5.47. The third kappa shape index (κ3) is 3.74. The van der Waals surface area contributed by atoms with Crippen molar-refractivity contribution in [2.75, 3.05) is 18.9 Å². The van der Waals surface area contributed by atoms with Gasteiger partial charge in [0.1, 0.15) is 6.04 Å². The van der Waals surface area contributed by atoms with Crippen molar-refractivity contribution in [2.24, 2.45) is 11.7 Å². The minimum atomic E-state index is -1.30. The van der Waals surface area contributed by atoms with Crippen molar-refractivity contribution < 1.29 is 19.1 Å². The van der Waals surface area contributed by atoms with Crippen molar-refractivity contribution in [3.8, 4) is 0 Å². The van der Waals surface area contributed by atoms with Gasteiger partial charge in [-0.2, -0.15) is 0 Å². The number of carbonyl (C=O) groups is 3. The maximum atomic E-state index is 13.1. The van der Waals surface area contributed by atoms with Crippen molar-refractivity contribution in [3.63, 3.8) is 0 Å². The van der Waals surface area contributed by atoms with Crippen LogP contribution in [0.3, 0.4) is 0 Å². The van der Waals surface area contributed by atoms with Gasteiger partial charge in [0.2, 0.25) is 11.8 Å². The normalized spacial score (nSPS) is 25.4. The van der Waals surface area contributed by atoms with E-state index in [1.54, 1.807) is 13.1 Å². The number of ether oxygens (including phenoxy) is 1. The molecule has 2 heterocycles. The Kier molecular flexibility index (Phi) is 5.71. The molecule has 0 bridgehead atoms. The highest BCUT2D eigenvalue weighted by molar-refractivity contribution is 6.01. The Morgan fingerprint density at radius 3 is 2.75 bits per heavy atom. The Morgan fingerprint density at radius 1 is 1.39 bits per heavy atom. The van der Waals surface area contributed by atoms with E-state index in [0.29, 0.717) is 12.1 Å². The van der Waals surface area contributed by atoms with Crippen molar-refractivity contribution in [1.29, 1.82) is 0 Å². The van der Waals surface area contributed by atoms with E-state index in [4.69, 9.17) is 10.5 Å². The number of likely N-dealkylation sites (N-methyl/N-ethyl adjacent to an activating group) is 1. The van der Waals surface area contributed by atoms with Gasteiger partial charge in [0.25, 0.3) is 5.91 Å². The van der Waals surface area contributed by atoms with Crippen LogP contribution in [-0.2, 0) is 25.7 Å². The smallest absolute Gasteiger partial charge is 0.258 e. The number of para-hydroxylation sites is 1. The summed E-state index contributed by atoms with van der Waals surface area (Å²) in [4.78, 5) is 39.7. The van der Waals surface area contributed by atoms with E-state index < -0.39 is 23.6 Å². The summed E-state index contributed by atoms with van der Waals surface area (Å²) in [6.07, 6.45) is 0.662. The number of hydrogen-bond acceptors (Lipinski definition) is 5. The van der Waals surface area contributed by atoms with Crippen LogP contribution in [0.5, 0.6) is 0 Å². The Hall–Kier alpha value is -2.45. The predicted octanol–water partition coefficient (Wildman–Crippen LogP) is 0.614. The number of hydrogen-bond donors (Lipinski definition) is 3. The quantitative estimate of drug-likeness (QED) is 0.684. The zero-order valence-electron chi connectivity index (χ0n) is 16.5. The number of nitrogens with two attached hydrogens (primary N) is 1. The van der Waals surface area contributed by atoms with Crippen LogP contribution in [0.1, 0.15) is 32.3 Å². The first-order valence-electron chi connectivity index (χ1n) is 9.58. The number of nitrogens with zero attached hydrogens (tertiary/aromatic N) is 1. The summed E-state index contributed by atoms with van der Waals surface area (Å²) in [6.45, 7) is 4.25. The summed E-state index contributed by atoms with van der Waals surface area (Å²) < 4.78 is 6.01. The fourth-order valence-electron chi connectivity index (χ4n) is 3.93. The molecule has 1 fully saturated rings. The Bertz CT molecular complexity index is 781. The predicted molar refractivity (Wildman–Crippen MR) is 104 cm³/mol. The molecule has 4 N–H and O–H groups in total. The summed E-state index contributed by atoms with van der Waals surface area (Å²) in [7, 11) is 1.71. The van der Waals surface area contributed by atoms with Crippen molar-refractivity contribution in [1.82, 2.24) is 10.2 Å². The maximum absolute atomic E-state index is 13.1. The van der Waals surface area contributed by atoms with Gasteiger partial charge in [0.05, 0.1) is 19.2 Å². The molecule has 8 nitrogen and oxygen atoms in total. The first-order valence-corrected chi connectivity index (χ1v) is 9.58. The molecular formula is C20H28N4O4. The van der Waals surface area contributed by atoms with Crippen LogP contribution in [0.4, 0.5) is 5.69 Å². The van der Waals surface area contributed by atoms with E-state index in [-0.39, 0.29) is 37.3 Å². The molecule has 3 amide bonds. The first kappa shape index (κ1) is 20.3. The average Bonchev–Trinajstić information content (AvgIpc) is 3.00. The van der Waals surface area contributed by atoms with Gasteiger partial charge in [0, 0.05) is 17.7 Å². The van der Waals surface area contributed by atoms with Crippen LogP contribution in [0.15, 0.2) is 24.3 Å². The molecule has 2 aliphatic rings. The number of amides is 3. The van der Waals surface area contributed by atoms with Gasteiger partial charge in [-0.3, -0.25) is 14.4 Å². The van der Waals surface area contributed by atoms with Crippen LogP contribution in [0.25, 0.3) is 0 Å². The zero-order valence-corrected chi connectivity index (χ0v) is 16.5. The van der Waals surface area contributed by atoms with E-state index in [1.165, 1.54) is 4.90 Å². The molecule has 2 unspecified atom stereocenters. The van der Waals surface area contributed by atoms with Crippen LogP contribution >= 0.6 is 0 Å². The minimum Gasteiger partial charge on any atom is -0.368 e. The fourth-order valence-corrected chi connectivity index (χ4v) is 3.93. The number of rotatable bonds is 5. The van der Waals surface area contributed by atoms with E-state index in [9.17, 15) is 14.4 Å². The van der Waals surface area contributed by atoms with E-state index >= 15 is 0 Å². The molecule has 0 radical (unpaired) electrons. The second-order valence-electron chi connectivity index (χ2n) is 7.95. The fraction of sp³-hybridized carbons (Fsp3) is 0.550. The van der Waals surface area contributed by atoms with Crippen LogP contribution in [0.2, 0.25) is 0 Å². The lowest BCUT2D eigenvalue weighted by molar-refractivity contribution is -0.144. The molecule has 8 heteroatoms. The molecule has 1 aromatic carbocycles. The molecule has 1 aromatic rings. The summed E-state index contributed by atoms with van der Waals surface area (Å²) in [5, 5.41) is 5.89. The van der Waals surface area contributed by atoms with Crippen LogP contribution in [-0.4, -0.2) is 53.9 Å². The molecule has 0 aliphatic carbocycles. The van der Waals surface area contributed by atoms with Gasteiger partial charge in [0.15, 0.2) is 5.60 Å². The van der Waals surface area contributed by atoms with Gasteiger partial charge in [-0.25, -0.2) is 0 Å². The Morgan fingerprint density at radius 2 is 2.11 bits per heavy atom. The lowest BCUT2D eigenvalue weighted by Crippen LogP contribution is -2.52. The molecule has 1 saturated heterocycles. The Balaban J connectivity index is 1.88. The zero-order chi connectivity index (χ0) is 20.5. The number of nitrogens with one attached hydrogen (secondary N) is 2. The van der Waals surface area contributed by atoms with Crippen LogP contribution in [0, 0.1) is 5.92 Å². The van der Waals surface area contributed by atoms with Crippen molar-refractivity contribution in [2.45, 2.75) is 51.0 Å². The summed E-state index contributed by atoms with van der Waals surface area (Å²) in [6, 6.07) is 6.03. The van der Waals surface area contributed by atoms with Crippen LogP contribution < -0.4 is 16.4 Å². The third-order valence-corrected chi connectivity index (χ3v) is 5.47. The molecule has 2 aliphatic heterocycles. The highest BCUT2D eigenvalue weighted by Gasteiger charge is 2.55. The monoisotopic (exact) mass is 388 g/mol. The lowest BCUT2D eigenvalue weighted by atomic mass is 9.98. The van der Waals surface area contributed by atoms with Gasteiger partial charge in [-0.15, -0.1) is 0 Å². The lowest BCUT2D eigenvalue weighted by Gasteiger charge is -2.29. The number of anilines is 1. The van der Waals surface area contributed by atoms with Crippen molar-refractivity contribution >= 4 is 23.4 Å². The van der Waals surface area contributed by atoms with Crippen molar-refractivity contribution in [3.05, 3.63) is 29.8 Å². The van der Waals surface area contributed by atoms with Gasteiger partial charge >= 0.3 is 0 Å². The molecule has 3 rings (SSSR count). The highest BCUT2D eigenvalue weighted by Crippen LogP contribution is 2.36. The standard InChI is InChI=1S/C20H28N4O4/c1-12(2)8-15(22-3)18(26)24-11-20(9-16(24)17(21)25)19(27)23-14-7-5-4-6-13(14)10-28-20/h4-7,12,15-16,22H,8-11H2,1-3H3,(H2,21,25)(H,23,27)/t15?,16-,20?/m0/s1. The van der Waals surface area contributed by atoms with E-state index in [0.717, 1.165) is 5.56 Å². The molecule has 152 valence electrons. The molecule has 1 spiro atoms. The molecule has 0 saturated carbocycles. The second-order valence-corrected chi connectivity index (χ2v) is 7.95. The number of benzene rings is 1. The topological polar surface area (TPSA) is 114 Å². The maximum Gasteiger partial charge on any atom is 0.258 e. The molecule has 0 aromatic heterocycles. The van der Waals surface area contributed by atoms with Gasteiger partial charge in [-0.1, -0.05) is 32.0 Å². The summed E-state index contributed by atoms with van der Waals surface area (Å²) in [5.41, 5.74) is 5.81. The van der Waals surface area contributed by atoms with E-state index in [1.807, 2.05) is 32.0 Å². The first-order chi connectivity index (χ1) is 13.3. The summed E-state index contributed by atoms with van der Waals surface area (Å²) in [5.74, 6) is -0.946. The highest BCUT2D eigenvalue weighted by atomic mass is 16.5. The largest absolute Gasteiger partial charge is 0.368 e.